The number of hydrogen-bond donors (Lipinski definition) is 2. The molecule has 8 heteroatoms. The fourth-order valence-corrected chi connectivity index (χ4v) is 2.07. The fraction of sp³-hybridized carbons (Fsp3) is 0.286. The second-order valence-electron chi connectivity index (χ2n) is 4.73. The molecule has 1 heterocycles. The summed E-state index contributed by atoms with van der Waals surface area (Å²) in [6.45, 7) is 0.779. The van der Waals surface area contributed by atoms with Gasteiger partial charge in [-0.3, -0.25) is 14.5 Å². The molecule has 22 heavy (non-hydrogen) atoms. The van der Waals surface area contributed by atoms with Crippen LogP contribution in [0.5, 0.6) is 0 Å². The van der Waals surface area contributed by atoms with E-state index >= 15 is 0 Å². The van der Waals surface area contributed by atoms with Crippen LogP contribution in [0.3, 0.4) is 0 Å². The van der Waals surface area contributed by atoms with Gasteiger partial charge >= 0.3 is 6.18 Å². The van der Waals surface area contributed by atoms with E-state index in [2.05, 4.69) is 5.32 Å². The molecule has 0 aromatic heterocycles. The second kappa shape index (κ2) is 5.80. The van der Waals surface area contributed by atoms with Crippen molar-refractivity contribution in [3.05, 3.63) is 41.1 Å². The van der Waals surface area contributed by atoms with Crippen molar-refractivity contribution in [2.45, 2.75) is 13.1 Å². The summed E-state index contributed by atoms with van der Waals surface area (Å²) < 4.78 is 38.5. The third-order valence-corrected chi connectivity index (χ3v) is 3.15. The summed E-state index contributed by atoms with van der Waals surface area (Å²) in [4.78, 5) is 24.3. The van der Waals surface area contributed by atoms with Crippen molar-refractivity contribution in [3.63, 3.8) is 0 Å². The third-order valence-electron chi connectivity index (χ3n) is 3.15. The average molecular weight is 314 g/mol. The molecule has 1 aromatic rings. The predicted octanol–water partition coefficient (Wildman–Crippen LogP) is 1.67. The molecule has 0 fully saturated rings. The molecule has 5 nitrogen and oxygen atoms in total. The van der Waals surface area contributed by atoms with Gasteiger partial charge in [0.1, 0.15) is 5.70 Å². The lowest BCUT2D eigenvalue weighted by atomic mass is 10.1. The summed E-state index contributed by atoms with van der Waals surface area (Å²) in [6.07, 6.45) is -3.51. The largest absolute Gasteiger partial charge is 0.416 e. The predicted molar refractivity (Wildman–Crippen MR) is 71.7 cm³/mol. The Hall–Kier alpha value is -2.35. The number of benzene rings is 1. The zero-order valence-corrected chi connectivity index (χ0v) is 11.6. The number of aliphatic hydroxyl groups is 1. The standard InChI is InChI=1S/C14H13F3N2O3/c1-8-2-3-9(6-10(8)14(15,16)17)18-11-7-12(21)19(4-5-20)13(11)22/h2-3,6-7,18,20H,4-5H2,1H3. The number of aliphatic hydroxyl groups excluding tert-OH is 1. The summed E-state index contributed by atoms with van der Waals surface area (Å²) in [5, 5.41) is 11.3. The van der Waals surface area contributed by atoms with Gasteiger partial charge < -0.3 is 10.4 Å². The van der Waals surface area contributed by atoms with Crippen molar-refractivity contribution in [2.24, 2.45) is 0 Å². The first kappa shape index (κ1) is 16.0. The van der Waals surface area contributed by atoms with E-state index in [4.69, 9.17) is 5.11 Å². The molecule has 0 bridgehead atoms. The van der Waals surface area contributed by atoms with Crippen LogP contribution in [0.15, 0.2) is 30.0 Å². The van der Waals surface area contributed by atoms with Crippen molar-refractivity contribution < 1.29 is 27.9 Å². The van der Waals surface area contributed by atoms with Gasteiger partial charge in [-0.2, -0.15) is 13.2 Å². The Kier molecular flexibility index (Phi) is 4.23. The molecule has 0 saturated carbocycles. The number of halogens is 3. The van der Waals surface area contributed by atoms with Crippen LogP contribution in [-0.2, 0) is 15.8 Å². The number of nitrogens with one attached hydrogen (secondary N) is 1. The second-order valence-corrected chi connectivity index (χ2v) is 4.73. The molecule has 2 N–H and O–H groups in total. The molecule has 1 aromatic carbocycles. The molecule has 0 unspecified atom stereocenters. The van der Waals surface area contributed by atoms with Gasteiger partial charge in [-0.15, -0.1) is 0 Å². The number of aryl methyl sites for hydroxylation is 1. The quantitative estimate of drug-likeness (QED) is 0.830. The molecule has 0 atom stereocenters. The van der Waals surface area contributed by atoms with Crippen molar-refractivity contribution in [2.75, 3.05) is 18.5 Å². The smallest absolute Gasteiger partial charge is 0.395 e. The van der Waals surface area contributed by atoms with Crippen molar-refractivity contribution in [3.8, 4) is 0 Å². The van der Waals surface area contributed by atoms with Gasteiger partial charge in [0.25, 0.3) is 11.8 Å². The van der Waals surface area contributed by atoms with Gasteiger partial charge in [0, 0.05) is 11.8 Å². The average Bonchev–Trinajstić information content (AvgIpc) is 2.68. The lowest BCUT2D eigenvalue weighted by Crippen LogP contribution is -2.34. The van der Waals surface area contributed by atoms with Crippen LogP contribution in [0.4, 0.5) is 18.9 Å². The highest BCUT2D eigenvalue weighted by Gasteiger charge is 2.34. The molecule has 2 amide bonds. The number of nitrogens with zero attached hydrogens (tertiary/aromatic N) is 1. The number of imide groups is 1. The van der Waals surface area contributed by atoms with E-state index in [1.54, 1.807) is 0 Å². The van der Waals surface area contributed by atoms with Crippen LogP contribution >= 0.6 is 0 Å². The fourth-order valence-electron chi connectivity index (χ4n) is 2.07. The van der Waals surface area contributed by atoms with Gasteiger partial charge in [-0.1, -0.05) is 6.07 Å². The minimum atomic E-state index is -4.51. The zero-order valence-electron chi connectivity index (χ0n) is 11.6. The SMILES string of the molecule is Cc1ccc(NC2=CC(=O)N(CCO)C2=O)cc1C(F)(F)F. The molecule has 1 aliphatic rings. The van der Waals surface area contributed by atoms with Crippen LogP contribution in [0.2, 0.25) is 0 Å². The summed E-state index contributed by atoms with van der Waals surface area (Å²) in [7, 11) is 0. The summed E-state index contributed by atoms with van der Waals surface area (Å²) in [5.74, 6) is -1.31. The topological polar surface area (TPSA) is 69.6 Å². The van der Waals surface area contributed by atoms with Crippen molar-refractivity contribution in [1.29, 1.82) is 0 Å². The zero-order chi connectivity index (χ0) is 16.5. The van der Waals surface area contributed by atoms with Gasteiger partial charge in [0.05, 0.1) is 18.7 Å². The Morgan fingerprint density at radius 2 is 1.95 bits per heavy atom. The molecular formula is C14H13F3N2O3. The molecule has 0 spiro atoms. The van der Waals surface area contributed by atoms with Crippen LogP contribution in [0.1, 0.15) is 11.1 Å². The minimum absolute atomic E-state index is 0.0520. The number of hydrogen-bond acceptors (Lipinski definition) is 4. The highest BCUT2D eigenvalue weighted by molar-refractivity contribution is 6.17. The van der Waals surface area contributed by atoms with E-state index in [1.807, 2.05) is 0 Å². The molecular weight excluding hydrogens is 301 g/mol. The number of carbonyl (C=O) groups is 2. The van der Waals surface area contributed by atoms with Crippen molar-refractivity contribution >= 4 is 17.5 Å². The highest BCUT2D eigenvalue weighted by atomic mass is 19.4. The Balaban J connectivity index is 2.24. The van der Waals surface area contributed by atoms with Crippen LogP contribution < -0.4 is 5.32 Å². The van der Waals surface area contributed by atoms with E-state index in [1.165, 1.54) is 19.1 Å². The molecule has 0 aliphatic carbocycles. The molecule has 1 aliphatic heterocycles. The van der Waals surface area contributed by atoms with Crippen LogP contribution in [-0.4, -0.2) is 35.0 Å². The molecule has 0 saturated heterocycles. The highest BCUT2D eigenvalue weighted by Crippen LogP contribution is 2.33. The summed E-state index contributed by atoms with van der Waals surface area (Å²) in [6, 6.07) is 3.54. The number of β-amino-alcohol motifs (C(OH)–C–C–N with tert-alkyl or cyclic N) is 1. The lowest BCUT2D eigenvalue weighted by Gasteiger charge is -2.15. The van der Waals surface area contributed by atoms with Gasteiger partial charge in [0.15, 0.2) is 0 Å². The van der Waals surface area contributed by atoms with E-state index in [-0.39, 0.29) is 30.1 Å². The summed E-state index contributed by atoms with van der Waals surface area (Å²) >= 11 is 0. The van der Waals surface area contributed by atoms with Gasteiger partial charge in [-0.25, -0.2) is 0 Å². The van der Waals surface area contributed by atoms with E-state index in [9.17, 15) is 22.8 Å². The first-order valence-corrected chi connectivity index (χ1v) is 6.37. The molecule has 118 valence electrons. The van der Waals surface area contributed by atoms with Gasteiger partial charge in [0.2, 0.25) is 0 Å². The first-order valence-electron chi connectivity index (χ1n) is 6.37. The number of alkyl halides is 3. The van der Waals surface area contributed by atoms with Gasteiger partial charge in [-0.05, 0) is 24.6 Å². The Bertz CT molecular complexity index is 653. The number of rotatable bonds is 4. The molecule has 2 rings (SSSR count). The third kappa shape index (κ3) is 3.11. The minimum Gasteiger partial charge on any atom is -0.395 e. The maximum atomic E-state index is 12.8. The normalized spacial score (nSPS) is 15.3. The Morgan fingerprint density at radius 1 is 1.27 bits per heavy atom. The van der Waals surface area contributed by atoms with E-state index in [0.29, 0.717) is 0 Å². The van der Waals surface area contributed by atoms with E-state index in [0.717, 1.165) is 17.0 Å². The Morgan fingerprint density at radius 3 is 2.55 bits per heavy atom. The number of anilines is 1. The van der Waals surface area contributed by atoms with Crippen LogP contribution in [0, 0.1) is 6.92 Å². The Labute approximate surface area is 124 Å². The first-order chi connectivity index (χ1) is 10.2. The van der Waals surface area contributed by atoms with Crippen molar-refractivity contribution in [1.82, 2.24) is 4.90 Å². The molecule has 0 radical (unpaired) electrons. The monoisotopic (exact) mass is 314 g/mol. The van der Waals surface area contributed by atoms with E-state index < -0.39 is 23.6 Å². The summed E-state index contributed by atoms with van der Waals surface area (Å²) in [5.41, 5.74) is -0.837. The number of carbonyl (C=O) groups excluding carboxylic acids is 2. The maximum absolute atomic E-state index is 12.8. The maximum Gasteiger partial charge on any atom is 0.416 e. The number of amides is 2. The lowest BCUT2D eigenvalue weighted by molar-refractivity contribution is -0.138. The van der Waals surface area contributed by atoms with Crippen LogP contribution in [0.25, 0.3) is 0 Å².